The van der Waals surface area contributed by atoms with E-state index in [0.717, 1.165) is 24.8 Å². The zero-order chi connectivity index (χ0) is 16.3. The van der Waals surface area contributed by atoms with Crippen LogP contribution in [0.15, 0.2) is 60.7 Å². The van der Waals surface area contributed by atoms with Gasteiger partial charge in [-0.1, -0.05) is 73.5 Å². The fraction of sp³-hybridized carbons (Fsp3) is 0.429. The second kappa shape index (κ2) is 6.86. The van der Waals surface area contributed by atoms with Gasteiger partial charge in [-0.05, 0) is 38.1 Å². The second-order valence-corrected chi connectivity index (χ2v) is 6.96. The first-order valence-electron chi connectivity index (χ1n) is 8.62. The number of hydrogen-bond donors (Lipinski definition) is 1. The Kier molecular flexibility index (Phi) is 4.84. The number of benzene rings is 2. The first-order valence-corrected chi connectivity index (χ1v) is 8.62. The van der Waals surface area contributed by atoms with E-state index in [9.17, 15) is 5.11 Å². The van der Waals surface area contributed by atoms with Crippen LogP contribution >= 0.6 is 0 Å². The molecular formula is C21H27NO. The molecule has 1 aliphatic carbocycles. The topological polar surface area (TPSA) is 23.5 Å². The fourth-order valence-corrected chi connectivity index (χ4v) is 4.23. The molecule has 23 heavy (non-hydrogen) atoms. The van der Waals surface area contributed by atoms with Crippen LogP contribution in [0.25, 0.3) is 0 Å². The highest BCUT2D eigenvalue weighted by Gasteiger charge is 2.45. The second-order valence-electron chi connectivity index (χ2n) is 6.96. The average Bonchev–Trinajstić information content (AvgIpc) is 2.58. The average molecular weight is 309 g/mol. The van der Waals surface area contributed by atoms with Crippen LogP contribution in [-0.2, 0) is 5.60 Å². The Hall–Kier alpha value is -1.64. The van der Waals surface area contributed by atoms with Crippen LogP contribution < -0.4 is 0 Å². The molecule has 0 spiro atoms. The predicted octanol–water partition coefficient (Wildman–Crippen LogP) is 4.37. The Morgan fingerprint density at radius 2 is 1.57 bits per heavy atom. The third-order valence-corrected chi connectivity index (χ3v) is 5.29. The van der Waals surface area contributed by atoms with Gasteiger partial charge in [0.2, 0.25) is 0 Å². The van der Waals surface area contributed by atoms with E-state index in [2.05, 4.69) is 61.5 Å². The highest BCUT2D eigenvalue weighted by molar-refractivity contribution is 5.28. The molecule has 1 fully saturated rings. The highest BCUT2D eigenvalue weighted by Crippen LogP contribution is 2.48. The minimum absolute atomic E-state index is 0.205. The van der Waals surface area contributed by atoms with E-state index in [1.54, 1.807) is 0 Å². The summed E-state index contributed by atoms with van der Waals surface area (Å²) in [5.41, 5.74) is 1.61. The van der Waals surface area contributed by atoms with Crippen molar-refractivity contribution < 1.29 is 5.11 Å². The largest absolute Gasteiger partial charge is 0.385 e. The predicted molar refractivity (Wildman–Crippen MR) is 95.2 cm³/mol. The molecule has 2 aromatic rings. The molecule has 0 radical (unpaired) electrons. The monoisotopic (exact) mass is 309 g/mol. The van der Waals surface area contributed by atoms with Gasteiger partial charge in [0.15, 0.2) is 0 Å². The van der Waals surface area contributed by atoms with Crippen molar-refractivity contribution in [2.75, 3.05) is 14.1 Å². The summed E-state index contributed by atoms with van der Waals surface area (Å²) in [5, 5.41) is 11.7. The Morgan fingerprint density at radius 3 is 2.17 bits per heavy atom. The maximum atomic E-state index is 11.7. The van der Waals surface area contributed by atoms with Gasteiger partial charge in [-0.3, -0.25) is 0 Å². The Balaban J connectivity index is 2.03. The molecule has 2 heteroatoms. The maximum absolute atomic E-state index is 11.7. The van der Waals surface area contributed by atoms with Crippen molar-refractivity contribution in [1.29, 1.82) is 0 Å². The standard InChI is InChI=1S/C21H27NO/c1-22(2)20(17-11-5-3-6-12-17)19-15-9-10-16-21(19,23)18-13-7-4-8-14-18/h3-8,11-14,19-20,23H,9-10,15-16H2,1-2H3. The molecule has 0 aliphatic heterocycles. The molecular weight excluding hydrogens is 282 g/mol. The number of rotatable bonds is 4. The van der Waals surface area contributed by atoms with Gasteiger partial charge in [-0.2, -0.15) is 0 Å². The molecule has 0 amide bonds. The molecule has 2 nitrogen and oxygen atoms in total. The third kappa shape index (κ3) is 3.19. The molecule has 0 bridgehead atoms. The SMILES string of the molecule is CN(C)C(c1ccccc1)C1CCCCC1(O)c1ccccc1. The lowest BCUT2D eigenvalue weighted by molar-refractivity contribution is -0.0837. The van der Waals surface area contributed by atoms with Crippen molar-refractivity contribution in [3.63, 3.8) is 0 Å². The van der Waals surface area contributed by atoms with E-state index in [0.29, 0.717) is 0 Å². The van der Waals surface area contributed by atoms with Crippen LogP contribution in [-0.4, -0.2) is 24.1 Å². The molecule has 0 saturated heterocycles. The van der Waals surface area contributed by atoms with Gasteiger partial charge in [0.1, 0.15) is 0 Å². The van der Waals surface area contributed by atoms with Crippen molar-refractivity contribution in [2.45, 2.75) is 37.3 Å². The number of nitrogens with zero attached hydrogens (tertiary/aromatic N) is 1. The van der Waals surface area contributed by atoms with Crippen molar-refractivity contribution in [3.8, 4) is 0 Å². The maximum Gasteiger partial charge on any atom is 0.0942 e. The van der Waals surface area contributed by atoms with Gasteiger partial charge in [-0.15, -0.1) is 0 Å². The van der Waals surface area contributed by atoms with E-state index >= 15 is 0 Å². The molecule has 1 saturated carbocycles. The molecule has 0 aromatic heterocycles. The van der Waals surface area contributed by atoms with E-state index in [4.69, 9.17) is 0 Å². The normalized spacial score (nSPS) is 26.2. The van der Waals surface area contributed by atoms with Crippen LogP contribution in [0.3, 0.4) is 0 Å². The van der Waals surface area contributed by atoms with Crippen LogP contribution in [0.5, 0.6) is 0 Å². The zero-order valence-electron chi connectivity index (χ0n) is 14.2. The van der Waals surface area contributed by atoms with Gasteiger partial charge in [-0.25, -0.2) is 0 Å². The highest BCUT2D eigenvalue weighted by atomic mass is 16.3. The summed E-state index contributed by atoms with van der Waals surface area (Å²) in [6.07, 6.45) is 4.19. The van der Waals surface area contributed by atoms with Gasteiger partial charge >= 0.3 is 0 Å². The van der Waals surface area contributed by atoms with Crippen molar-refractivity contribution in [1.82, 2.24) is 4.90 Å². The minimum atomic E-state index is -0.746. The van der Waals surface area contributed by atoms with Gasteiger partial charge in [0.05, 0.1) is 5.60 Å². The molecule has 3 rings (SSSR count). The summed E-state index contributed by atoms with van der Waals surface area (Å²) in [6.45, 7) is 0. The van der Waals surface area contributed by atoms with Crippen molar-refractivity contribution in [2.24, 2.45) is 5.92 Å². The molecule has 1 N–H and O–H groups in total. The molecule has 122 valence electrons. The van der Waals surface area contributed by atoms with E-state index in [1.807, 2.05) is 18.2 Å². The minimum Gasteiger partial charge on any atom is -0.385 e. The first-order chi connectivity index (χ1) is 11.1. The first kappa shape index (κ1) is 16.2. The Morgan fingerprint density at radius 1 is 0.957 bits per heavy atom. The molecule has 3 atom stereocenters. The van der Waals surface area contributed by atoms with Crippen LogP contribution in [0.2, 0.25) is 0 Å². The van der Waals surface area contributed by atoms with Crippen molar-refractivity contribution in [3.05, 3.63) is 71.8 Å². The Labute approximate surface area is 139 Å². The van der Waals surface area contributed by atoms with Gasteiger partial charge < -0.3 is 10.0 Å². The lowest BCUT2D eigenvalue weighted by Crippen LogP contribution is -2.44. The quantitative estimate of drug-likeness (QED) is 0.906. The number of aliphatic hydroxyl groups is 1. The van der Waals surface area contributed by atoms with Crippen LogP contribution in [0.4, 0.5) is 0 Å². The lowest BCUT2D eigenvalue weighted by Gasteiger charge is -2.46. The van der Waals surface area contributed by atoms with Crippen LogP contribution in [0, 0.1) is 5.92 Å². The Bertz CT molecular complexity index is 610. The molecule has 0 heterocycles. The molecule has 3 unspecified atom stereocenters. The summed E-state index contributed by atoms with van der Waals surface area (Å²) >= 11 is 0. The molecule has 1 aliphatic rings. The summed E-state index contributed by atoms with van der Waals surface area (Å²) < 4.78 is 0. The van der Waals surface area contributed by atoms with E-state index < -0.39 is 5.60 Å². The van der Waals surface area contributed by atoms with E-state index in [1.165, 1.54) is 12.0 Å². The smallest absolute Gasteiger partial charge is 0.0942 e. The fourth-order valence-electron chi connectivity index (χ4n) is 4.23. The van der Waals surface area contributed by atoms with Gasteiger partial charge in [0, 0.05) is 12.0 Å². The van der Waals surface area contributed by atoms with Crippen molar-refractivity contribution >= 4 is 0 Å². The summed E-state index contributed by atoms with van der Waals surface area (Å²) in [4.78, 5) is 2.26. The summed E-state index contributed by atoms with van der Waals surface area (Å²) in [7, 11) is 4.25. The lowest BCUT2D eigenvalue weighted by atomic mass is 9.67. The molecule has 2 aromatic carbocycles. The zero-order valence-corrected chi connectivity index (χ0v) is 14.2. The van der Waals surface area contributed by atoms with Gasteiger partial charge in [0.25, 0.3) is 0 Å². The third-order valence-electron chi connectivity index (χ3n) is 5.29. The van der Waals surface area contributed by atoms with Crippen LogP contribution in [0.1, 0.15) is 42.9 Å². The number of hydrogen-bond acceptors (Lipinski definition) is 2. The van der Waals surface area contributed by atoms with E-state index in [-0.39, 0.29) is 12.0 Å². The summed E-state index contributed by atoms with van der Waals surface area (Å²) in [5.74, 6) is 0.205. The summed E-state index contributed by atoms with van der Waals surface area (Å²) in [6, 6.07) is 21.1.